The fourth-order valence-corrected chi connectivity index (χ4v) is 3.42. The summed E-state index contributed by atoms with van der Waals surface area (Å²) in [5.74, 6) is 0.742. The predicted octanol–water partition coefficient (Wildman–Crippen LogP) is 3.31. The van der Waals surface area contributed by atoms with Crippen LogP contribution in [0.2, 0.25) is 5.02 Å². The zero-order valence-corrected chi connectivity index (χ0v) is 15.3. The van der Waals surface area contributed by atoms with Gasteiger partial charge in [0.1, 0.15) is 12.4 Å². The van der Waals surface area contributed by atoms with Gasteiger partial charge in [-0.25, -0.2) is 0 Å². The van der Waals surface area contributed by atoms with Gasteiger partial charge in [0.05, 0.1) is 12.0 Å². The fraction of sp³-hybridized carbons (Fsp3) is 0.350. The van der Waals surface area contributed by atoms with Gasteiger partial charge in [0.25, 0.3) is 0 Å². The molecule has 1 aliphatic rings. The van der Waals surface area contributed by atoms with E-state index in [0.717, 1.165) is 16.9 Å². The molecule has 1 N–H and O–H groups in total. The van der Waals surface area contributed by atoms with Crippen molar-refractivity contribution in [2.24, 2.45) is 5.92 Å². The van der Waals surface area contributed by atoms with E-state index in [1.165, 1.54) is 0 Å². The summed E-state index contributed by atoms with van der Waals surface area (Å²) >= 11 is 6.32. The van der Waals surface area contributed by atoms with Crippen LogP contribution in [0.5, 0.6) is 5.75 Å². The van der Waals surface area contributed by atoms with Crippen molar-refractivity contribution < 1.29 is 9.53 Å². The van der Waals surface area contributed by atoms with E-state index in [-0.39, 0.29) is 17.9 Å². The number of ether oxygens (including phenoxy) is 1. The average molecular weight is 359 g/mol. The summed E-state index contributed by atoms with van der Waals surface area (Å²) in [6, 6.07) is 15.7. The summed E-state index contributed by atoms with van der Waals surface area (Å²) < 4.78 is 5.72. The molecule has 0 saturated heterocycles. The van der Waals surface area contributed by atoms with Gasteiger partial charge in [0, 0.05) is 11.6 Å². The van der Waals surface area contributed by atoms with Crippen LogP contribution in [0, 0.1) is 5.92 Å². The number of carbonyl (C=O) groups excluding carboxylic acids is 1. The van der Waals surface area contributed by atoms with Crippen LogP contribution in [-0.4, -0.2) is 38.1 Å². The van der Waals surface area contributed by atoms with Gasteiger partial charge in [-0.1, -0.05) is 48.0 Å². The number of halogens is 1. The van der Waals surface area contributed by atoms with Crippen LogP contribution in [-0.2, 0) is 11.2 Å². The van der Waals surface area contributed by atoms with E-state index < -0.39 is 0 Å². The molecular formula is C20H23ClN2O2. The van der Waals surface area contributed by atoms with E-state index in [2.05, 4.69) is 10.2 Å². The number of para-hydroxylation sites is 1. The van der Waals surface area contributed by atoms with Gasteiger partial charge in [0.15, 0.2) is 0 Å². The van der Waals surface area contributed by atoms with E-state index >= 15 is 0 Å². The number of nitrogens with zero attached hydrogens (tertiary/aromatic N) is 1. The first kappa shape index (κ1) is 17.8. The van der Waals surface area contributed by atoms with Gasteiger partial charge in [-0.15, -0.1) is 0 Å². The first-order valence-electron chi connectivity index (χ1n) is 8.45. The lowest BCUT2D eigenvalue weighted by Crippen LogP contribution is -2.41. The Morgan fingerprint density at radius 2 is 1.96 bits per heavy atom. The van der Waals surface area contributed by atoms with Crippen LogP contribution in [0.4, 0.5) is 0 Å². The van der Waals surface area contributed by atoms with Gasteiger partial charge in [0.2, 0.25) is 5.91 Å². The normalized spacial score (nSPS) is 17.5. The summed E-state index contributed by atoms with van der Waals surface area (Å²) in [7, 11) is 3.97. The van der Waals surface area contributed by atoms with Gasteiger partial charge in [-0.2, -0.15) is 0 Å². The lowest BCUT2D eigenvalue weighted by molar-refractivity contribution is -0.126. The van der Waals surface area contributed by atoms with Gasteiger partial charge in [-0.05, 0) is 43.8 Å². The molecule has 132 valence electrons. The molecule has 2 atom stereocenters. The number of benzene rings is 2. The monoisotopic (exact) mass is 358 g/mol. The Morgan fingerprint density at radius 1 is 1.24 bits per heavy atom. The topological polar surface area (TPSA) is 41.6 Å². The number of fused-ring (bicyclic) bond motifs is 1. The van der Waals surface area contributed by atoms with E-state index in [0.29, 0.717) is 24.6 Å². The van der Waals surface area contributed by atoms with Crippen LogP contribution in [0.15, 0.2) is 48.5 Å². The molecule has 1 heterocycles. The van der Waals surface area contributed by atoms with E-state index in [1.54, 1.807) is 0 Å². The minimum Gasteiger partial charge on any atom is -0.492 e. The van der Waals surface area contributed by atoms with Crippen LogP contribution < -0.4 is 10.1 Å². The molecule has 1 amide bonds. The SMILES string of the molecule is CN(C)[C@@H](CNC(=O)[C@@H]1COc2ccccc2C1)c1ccccc1Cl. The maximum absolute atomic E-state index is 12.6. The number of hydrogen-bond donors (Lipinski definition) is 1. The highest BCUT2D eigenvalue weighted by molar-refractivity contribution is 6.31. The molecule has 0 bridgehead atoms. The Kier molecular flexibility index (Phi) is 5.61. The van der Waals surface area contributed by atoms with Crippen molar-refractivity contribution in [2.75, 3.05) is 27.2 Å². The first-order chi connectivity index (χ1) is 12.1. The lowest BCUT2D eigenvalue weighted by Gasteiger charge is -2.28. The van der Waals surface area contributed by atoms with Crippen molar-refractivity contribution in [3.8, 4) is 5.75 Å². The maximum atomic E-state index is 12.6. The van der Waals surface area contributed by atoms with Crippen LogP contribution in [0.3, 0.4) is 0 Å². The summed E-state index contributed by atoms with van der Waals surface area (Å²) in [5, 5.41) is 3.78. The van der Waals surface area contributed by atoms with Crippen molar-refractivity contribution in [1.82, 2.24) is 10.2 Å². The zero-order chi connectivity index (χ0) is 17.8. The van der Waals surface area contributed by atoms with E-state index in [1.807, 2.05) is 62.6 Å². The molecule has 0 spiro atoms. The lowest BCUT2D eigenvalue weighted by atomic mass is 9.96. The van der Waals surface area contributed by atoms with E-state index in [4.69, 9.17) is 16.3 Å². The summed E-state index contributed by atoms with van der Waals surface area (Å²) in [6.45, 7) is 0.926. The van der Waals surface area contributed by atoms with Gasteiger partial charge >= 0.3 is 0 Å². The third-order valence-corrected chi connectivity index (χ3v) is 4.95. The van der Waals surface area contributed by atoms with Crippen molar-refractivity contribution in [3.63, 3.8) is 0 Å². The highest BCUT2D eigenvalue weighted by Crippen LogP contribution is 2.28. The standard InChI is InChI=1S/C20H23ClN2O2/c1-23(2)18(16-8-4-5-9-17(16)21)12-22-20(24)15-11-14-7-3-6-10-19(14)25-13-15/h3-10,15,18H,11-13H2,1-2H3,(H,22,24)/t15-,18-/m0/s1. The molecule has 25 heavy (non-hydrogen) atoms. The molecule has 0 radical (unpaired) electrons. The first-order valence-corrected chi connectivity index (χ1v) is 8.83. The summed E-state index contributed by atoms with van der Waals surface area (Å²) in [6.07, 6.45) is 0.709. The van der Waals surface area contributed by atoms with Crippen molar-refractivity contribution >= 4 is 17.5 Å². The summed E-state index contributed by atoms with van der Waals surface area (Å²) in [4.78, 5) is 14.7. The minimum atomic E-state index is -0.163. The minimum absolute atomic E-state index is 0.0217. The number of amides is 1. The summed E-state index contributed by atoms with van der Waals surface area (Å²) in [5.41, 5.74) is 2.10. The largest absolute Gasteiger partial charge is 0.492 e. The highest BCUT2D eigenvalue weighted by Gasteiger charge is 2.27. The Bertz CT molecular complexity index is 748. The molecule has 4 nitrogen and oxygen atoms in total. The molecule has 5 heteroatoms. The Balaban J connectivity index is 1.64. The van der Waals surface area contributed by atoms with Crippen LogP contribution in [0.25, 0.3) is 0 Å². The third kappa shape index (κ3) is 4.14. The van der Waals surface area contributed by atoms with Crippen molar-refractivity contribution in [2.45, 2.75) is 12.5 Å². The number of nitrogens with one attached hydrogen (secondary N) is 1. The number of carbonyl (C=O) groups is 1. The molecule has 0 aromatic heterocycles. The Hall–Kier alpha value is -2.04. The third-order valence-electron chi connectivity index (χ3n) is 4.61. The molecule has 0 saturated carbocycles. The zero-order valence-electron chi connectivity index (χ0n) is 14.5. The Labute approximate surface area is 153 Å². The molecule has 3 rings (SSSR count). The highest BCUT2D eigenvalue weighted by atomic mass is 35.5. The second kappa shape index (κ2) is 7.89. The molecule has 2 aromatic rings. The second-order valence-corrected chi connectivity index (χ2v) is 6.97. The van der Waals surface area contributed by atoms with Crippen molar-refractivity contribution in [3.05, 3.63) is 64.7 Å². The molecular weight excluding hydrogens is 336 g/mol. The number of rotatable bonds is 5. The Morgan fingerprint density at radius 3 is 2.72 bits per heavy atom. The molecule has 2 aromatic carbocycles. The number of likely N-dealkylation sites (N-methyl/N-ethyl adjacent to an activating group) is 1. The second-order valence-electron chi connectivity index (χ2n) is 6.57. The molecule has 1 aliphatic heterocycles. The fourth-order valence-electron chi connectivity index (χ4n) is 3.15. The van der Waals surface area contributed by atoms with Gasteiger partial charge in [-0.3, -0.25) is 4.79 Å². The molecule has 0 fully saturated rings. The quantitative estimate of drug-likeness (QED) is 0.891. The molecule has 0 aliphatic carbocycles. The average Bonchev–Trinajstić information content (AvgIpc) is 2.62. The number of hydrogen-bond acceptors (Lipinski definition) is 3. The van der Waals surface area contributed by atoms with E-state index in [9.17, 15) is 4.79 Å². The predicted molar refractivity (Wildman–Crippen MR) is 100 cm³/mol. The van der Waals surface area contributed by atoms with Gasteiger partial charge < -0.3 is 15.0 Å². The van der Waals surface area contributed by atoms with Crippen LogP contribution in [0.1, 0.15) is 17.2 Å². The van der Waals surface area contributed by atoms with Crippen molar-refractivity contribution in [1.29, 1.82) is 0 Å². The smallest absolute Gasteiger partial charge is 0.226 e. The molecule has 0 unspecified atom stereocenters. The van der Waals surface area contributed by atoms with Crippen LogP contribution >= 0.6 is 11.6 Å². The maximum Gasteiger partial charge on any atom is 0.226 e.